The quantitative estimate of drug-likeness (QED) is 0.619. The summed E-state index contributed by atoms with van der Waals surface area (Å²) in [6.45, 7) is 0. The number of hydrogen-bond donors (Lipinski definition) is 1. The molecule has 3 rings (SSSR count). The Morgan fingerprint density at radius 2 is 1.82 bits per heavy atom. The van der Waals surface area contributed by atoms with Crippen LogP contribution in [0.4, 0.5) is 0 Å². The highest BCUT2D eigenvalue weighted by atomic mass is 35.5. The predicted molar refractivity (Wildman–Crippen MR) is 66.7 cm³/mol. The second-order valence-electron chi connectivity index (χ2n) is 3.70. The Morgan fingerprint density at radius 3 is 2.65 bits per heavy atom. The lowest BCUT2D eigenvalue weighted by Crippen LogP contribution is -2.01. The van der Waals surface area contributed by atoms with Crippen molar-refractivity contribution in [1.29, 1.82) is 0 Å². The first-order chi connectivity index (χ1) is 8.18. The van der Waals surface area contributed by atoms with Gasteiger partial charge in [-0.1, -0.05) is 23.7 Å². The van der Waals surface area contributed by atoms with Crippen LogP contribution >= 0.6 is 11.6 Å². The Balaban J connectivity index is 2.64. The van der Waals surface area contributed by atoms with E-state index in [0.29, 0.717) is 16.4 Å². The molecule has 1 N–H and O–H groups in total. The molecule has 0 aliphatic rings. The largest absolute Gasteiger partial charge is 0.506 e. The third-order valence-corrected chi connectivity index (χ3v) is 3.03. The highest BCUT2D eigenvalue weighted by molar-refractivity contribution is 6.36. The molecule has 0 spiro atoms. The number of rotatable bonds is 0. The fraction of sp³-hybridized carbons (Fsp3) is 0. The van der Waals surface area contributed by atoms with Gasteiger partial charge in [0.15, 0.2) is 5.58 Å². The topological polar surface area (TPSA) is 50.4 Å². The van der Waals surface area contributed by atoms with Crippen LogP contribution in [0.15, 0.2) is 45.6 Å². The summed E-state index contributed by atoms with van der Waals surface area (Å²) in [7, 11) is 0. The zero-order valence-electron chi connectivity index (χ0n) is 8.61. The predicted octanol–water partition coefficient (Wildman–Crippen LogP) is 3.31. The monoisotopic (exact) mass is 246 g/mol. The fourth-order valence-corrected chi connectivity index (χ4v) is 2.03. The van der Waals surface area contributed by atoms with Gasteiger partial charge >= 0.3 is 0 Å². The van der Waals surface area contributed by atoms with Crippen molar-refractivity contribution in [2.24, 2.45) is 0 Å². The second kappa shape index (κ2) is 3.50. The maximum absolute atomic E-state index is 12.2. The Kier molecular flexibility index (Phi) is 2.09. The number of halogens is 1. The first-order valence-corrected chi connectivity index (χ1v) is 5.39. The van der Waals surface area contributed by atoms with E-state index in [1.165, 1.54) is 12.1 Å². The summed E-state index contributed by atoms with van der Waals surface area (Å²) < 4.78 is 5.55. The Bertz CT molecular complexity index is 790. The van der Waals surface area contributed by atoms with Gasteiger partial charge in [-0.15, -0.1) is 0 Å². The lowest BCUT2D eigenvalue weighted by atomic mass is 10.1. The summed E-state index contributed by atoms with van der Waals surface area (Å²) in [6, 6.07) is 9.82. The van der Waals surface area contributed by atoms with Crippen molar-refractivity contribution >= 4 is 33.5 Å². The van der Waals surface area contributed by atoms with Gasteiger partial charge in [0.05, 0.1) is 10.8 Å². The zero-order chi connectivity index (χ0) is 12.0. The van der Waals surface area contributed by atoms with Crippen LogP contribution in [0, 0.1) is 0 Å². The van der Waals surface area contributed by atoms with E-state index in [4.69, 9.17) is 16.0 Å². The van der Waals surface area contributed by atoms with Crippen molar-refractivity contribution in [3.8, 4) is 5.75 Å². The van der Waals surface area contributed by atoms with Gasteiger partial charge in [0.2, 0.25) is 5.43 Å². The Hall–Kier alpha value is -2.00. The van der Waals surface area contributed by atoms with E-state index in [0.717, 1.165) is 0 Å². The smallest absolute Gasteiger partial charge is 0.200 e. The third-order valence-electron chi connectivity index (χ3n) is 2.67. The van der Waals surface area contributed by atoms with Crippen LogP contribution in [0.25, 0.3) is 21.9 Å². The van der Waals surface area contributed by atoms with Crippen molar-refractivity contribution in [2.45, 2.75) is 0 Å². The zero-order valence-corrected chi connectivity index (χ0v) is 9.36. The molecule has 84 valence electrons. The van der Waals surface area contributed by atoms with Crippen LogP contribution in [0.3, 0.4) is 0 Å². The SMILES string of the molecule is O=c1c2ccccc2oc2c(Cl)c(O)ccc12. The van der Waals surface area contributed by atoms with Crippen LogP contribution in [-0.2, 0) is 0 Å². The van der Waals surface area contributed by atoms with E-state index in [2.05, 4.69) is 0 Å². The molecule has 1 heterocycles. The van der Waals surface area contributed by atoms with Crippen LogP contribution in [0.5, 0.6) is 5.75 Å². The maximum Gasteiger partial charge on any atom is 0.200 e. The number of aromatic hydroxyl groups is 1. The molecule has 0 amide bonds. The molecule has 0 saturated heterocycles. The van der Waals surface area contributed by atoms with E-state index in [-0.39, 0.29) is 21.8 Å². The first-order valence-electron chi connectivity index (χ1n) is 5.01. The minimum atomic E-state index is -0.149. The first kappa shape index (κ1) is 10.2. The third kappa shape index (κ3) is 1.40. The van der Waals surface area contributed by atoms with E-state index >= 15 is 0 Å². The van der Waals surface area contributed by atoms with Gasteiger partial charge in [0.1, 0.15) is 16.4 Å². The van der Waals surface area contributed by atoms with E-state index in [9.17, 15) is 9.90 Å². The molecule has 0 saturated carbocycles. The second-order valence-corrected chi connectivity index (χ2v) is 4.08. The van der Waals surface area contributed by atoms with E-state index < -0.39 is 0 Å². The normalized spacial score (nSPS) is 11.1. The molecule has 4 heteroatoms. The van der Waals surface area contributed by atoms with E-state index in [1.807, 2.05) is 0 Å². The van der Waals surface area contributed by atoms with Crippen molar-refractivity contribution in [2.75, 3.05) is 0 Å². The minimum absolute atomic E-state index is 0.0605. The molecular formula is C13H7ClO3. The Labute approximate surface area is 101 Å². The number of hydrogen-bond acceptors (Lipinski definition) is 3. The molecule has 0 aliphatic heterocycles. The maximum atomic E-state index is 12.2. The molecule has 17 heavy (non-hydrogen) atoms. The highest BCUT2D eigenvalue weighted by Crippen LogP contribution is 2.32. The summed E-state index contributed by atoms with van der Waals surface area (Å²) in [6.07, 6.45) is 0. The summed E-state index contributed by atoms with van der Waals surface area (Å²) >= 11 is 5.92. The molecule has 0 fully saturated rings. The molecule has 2 aromatic carbocycles. The molecule has 0 radical (unpaired) electrons. The lowest BCUT2D eigenvalue weighted by Gasteiger charge is -2.03. The molecule has 0 bridgehead atoms. The average Bonchev–Trinajstić information content (AvgIpc) is 2.35. The molecule has 3 aromatic rings. The van der Waals surface area contributed by atoms with Gasteiger partial charge < -0.3 is 9.52 Å². The van der Waals surface area contributed by atoms with Crippen molar-refractivity contribution in [1.82, 2.24) is 0 Å². The van der Waals surface area contributed by atoms with Crippen molar-refractivity contribution in [3.05, 3.63) is 51.6 Å². The molecule has 0 aliphatic carbocycles. The number of fused-ring (bicyclic) bond motifs is 2. The number of benzene rings is 2. The van der Waals surface area contributed by atoms with Gasteiger partial charge in [0.25, 0.3) is 0 Å². The number of para-hydroxylation sites is 1. The number of phenols is 1. The van der Waals surface area contributed by atoms with Gasteiger partial charge in [-0.2, -0.15) is 0 Å². The van der Waals surface area contributed by atoms with Crippen LogP contribution in [0.1, 0.15) is 0 Å². The minimum Gasteiger partial charge on any atom is -0.506 e. The fourth-order valence-electron chi connectivity index (χ4n) is 1.82. The lowest BCUT2D eigenvalue weighted by molar-refractivity contribution is 0.475. The van der Waals surface area contributed by atoms with Crippen LogP contribution in [0.2, 0.25) is 5.02 Å². The highest BCUT2D eigenvalue weighted by Gasteiger charge is 2.12. The van der Waals surface area contributed by atoms with Gasteiger partial charge in [-0.3, -0.25) is 4.79 Å². The number of phenolic OH excluding ortho intramolecular Hbond substituents is 1. The molecule has 3 nitrogen and oxygen atoms in total. The summed E-state index contributed by atoms with van der Waals surface area (Å²) in [5, 5.41) is 10.4. The molecule has 0 atom stereocenters. The van der Waals surface area contributed by atoms with Gasteiger partial charge in [-0.05, 0) is 24.3 Å². The summed E-state index contributed by atoms with van der Waals surface area (Å²) in [5.41, 5.74) is 0.525. The van der Waals surface area contributed by atoms with Crippen LogP contribution < -0.4 is 5.43 Å². The van der Waals surface area contributed by atoms with Crippen LogP contribution in [-0.4, -0.2) is 5.11 Å². The Morgan fingerprint density at radius 1 is 1.06 bits per heavy atom. The average molecular weight is 247 g/mol. The summed E-state index contributed by atoms with van der Waals surface area (Å²) in [5.74, 6) is -0.0994. The van der Waals surface area contributed by atoms with E-state index in [1.54, 1.807) is 24.3 Å². The molecular weight excluding hydrogens is 240 g/mol. The van der Waals surface area contributed by atoms with Crippen molar-refractivity contribution < 1.29 is 9.52 Å². The standard InChI is InChI=1S/C13H7ClO3/c14-11-9(15)6-5-8-12(16)7-3-1-2-4-10(7)17-13(8)11/h1-6,15H. The molecule has 0 unspecified atom stereocenters. The van der Waals surface area contributed by atoms with Gasteiger partial charge in [-0.25, -0.2) is 0 Å². The van der Waals surface area contributed by atoms with Crippen molar-refractivity contribution in [3.63, 3.8) is 0 Å². The summed E-state index contributed by atoms with van der Waals surface area (Å²) in [4.78, 5) is 12.2. The van der Waals surface area contributed by atoms with Gasteiger partial charge in [0, 0.05) is 0 Å². The molecule has 1 aromatic heterocycles.